The summed E-state index contributed by atoms with van der Waals surface area (Å²) in [5.74, 6) is 1.31. The normalized spacial score (nSPS) is 17.9. The molecule has 4 rings (SSSR count). The van der Waals surface area contributed by atoms with Gasteiger partial charge in [0.1, 0.15) is 10.7 Å². The molecule has 2 fully saturated rings. The van der Waals surface area contributed by atoms with Gasteiger partial charge in [-0.1, -0.05) is 0 Å². The van der Waals surface area contributed by atoms with Crippen molar-refractivity contribution in [1.29, 1.82) is 0 Å². The monoisotopic (exact) mass is 490 g/mol. The minimum absolute atomic E-state index is 0.0750. The highest BCUT2D eigenvalue weighted by atomic mass is 32.2. The topological polar surface area (TPSA) is 110 Å². The number of benzene rings is 1. The number of anilines is 2. The first-order valence-corrected chi connectivity index (χ1v) is 12.7. The van der Waals surface area contributed by atoms with Gasteiger partial charge < -0.3 is 24.4 Å². The maximum Gasteiger partial charge on any atom is 0.246 e. The number of carbonyl (C=O) groups is 1. The number of rotatable bonds is 7. The van der Waals surface area contributed by atoms with Gasteiger partial charge in [-0.05, 0) is 37.1 Å². The van der Waals surface area contributed by atoms with Crippen molar-refractivity contribution in [2.24, 2.45) is 5.92 Å². The van der Waals surface area contributed by atoms with Crippen LogP contribution in [-0.2, 0) is 19.6 Å². The van der Waals surface area contributed by atoms with Crippen molar-refractivity contribution in [3.05, 3.63) is 36.5 Å². The second-order valence-corrected chi connectivity index (χ2v) is 10.1. The van der Waals surface area contributed by atoms with E-state index in [0.29, 0.717) is 75.2 Å². The lowest BCUT2D eigenvalue weighted by atomic mass is 9.95. The van der Waals surface area contributed by atoms with Crippen LogP contribution in [0.1, 0.15) is 12.8 Å². The number of aromatic nitrogens is 1. The fourth-order valence-corrected chi connectivity index (χ4v) is 5.83. The van der Waals surface area contributed by atoms with E-state index in [-0.39, 0.29) is 16.7 Å². The molecule has 3 heterocycles. The Balaban J connectivity index is 1.42. The first kappa shape index (κ1) is 24.2. The van der Waals surface area contributed by atoms with Crippen molar-refractivity contribution < 1.29 is 27.4 Å². The standard InChI is InChI=1S/C23H30N4O6S/c1-31-19-6-5-18(16-20(19)32-2)25-23(28)17-7-10-26(11-8-17)22-21(4-3-9-24-22)34(29,30)27-12-14-33-15-13-27/h3-6,9,16-17H,7-8,10-15H2,1-2H3,(H,25,28). The predicted molar refractivity (Wildman–Crippen MR) is 127 cm³/mol. The summed E-state index contributed by atoms with van der Waals surface area (Å²) in [4.78, 5) is 19.4. The minimum atomic E-state index is -3.68. The zero-order chi connectivity index (χ0) is 24.1. The number of hydrogen-bond acceptors (Lipinski definition) is 8. The molecule has 34 heavy (non-hydrogen) atoms. The third-order valence-corrected chi connectivity index (χ3v) is 8.07. The molecular weight excluding hydrogens is 460 g/mol. The Labute approximate surface area is 199 Å². The summed E-state index contributed by atoms with van der Waals surface area (Å²) in [6.45, 7) is 2.49. The highest BCUT2D eigenvalue weighted by molar-refractivity contribution is 7.89. The summed E-state index contributed by atoms with van der Waals surface area (Å²) < 4.78 is 43.8. The van der Waals surface area contributed by atoms with Gasteiger partial charge >= 0.3 is 0 Å². The third-order valence-electron chi connectivity index (χ3n) is 6.16. The number of piperidine rings is 1. The molecule has 2 aliphatic heterocycles. The summed E-state index contributed by atoms with van der Waals surface area (Å²) in [6.07, 6.45) is 2.78. The average Bonchev–Trinajstić information content (AvgIpc) is 2.89. The van der Waals surface area contributed by atoms with Crippen LogP contribution in [0.15, 0.2) is 41.4 Å². The van der Waals surface area contributed by atoms with Crippen LogP contribution in [0.5, 0.6) is 11.5 Å². The summed E-state index contributed by atoms with van der Waals surface area (Å²) in [5.41, 5.74) is 0.633. The molecule has 0 spiro atoms. The van der Waals surface area contributed by atoms with Crippen LogP contribution < -0.4 is 19.7 Å². The number of hydrogen-bond donors (Lipinski definition) is 1. The van der Waals surface area contributed by atoms with E-state index in [1.807, 2.05) is 4.90 Å². The van der Waals surface area contributed by atoms with Crippen LogP contribution in [0, 0.1) is 5.92 Å². The van der Waals surface area contributed by atoms with Crippen LogP contribution in [0.4, 0.5) is 11.5 Å². The molecular formula is C23H30N4O6S. The zero-order valence-electron chi connectivity index (χ0n) is 19.4. The molecule has 10 nitrogen and oxygen atoms in total. The first-order chi connectivity index (χ1) is 16.4. The molecule has 11 heteroatoms. The number of amides is 1. The Bertz CT molecular complexity index is 1110. The lowest BCUT2D eigenvalue weighted by Gasteiger charge is -2.34. The van der Waals surface area contributed by atoms with Gasteiger partial charge in [-0.2, -0.15) is 4.31 Å². The van der Waals surface area contributed by atoms with Crippen LogP contribution in [-0.4, -0.2) is 77.2 Å². The Hall–Kier alpha value is -2.89. The minimum Gasteiger partial charge on any atom is -0.493 e. The number of ether oxygens (including phenoxy) is 3. The Kier molecular flexibility index (Phi) is 7.54. The highest BCUT2D eigenvalue weighted by Gasteiger charge is 2.33. The van der Waals surface area contributed by atoms with Crippen LogP contribution >= 0.6 is 0 Å². The van der Waals surface area contributed by atoms with Gasteiger partial charge in [0.2, 0.25) is 15.9 Å². The number of nitrogens with one attached hydrogen (secondary N) is 1. The highest BCUT2D eigenvalue weighted by Crippen LogP contribution is 2.32. The van der Waals surface area contributed by atoms with Crippen molar-refractivity contribution in [1.82, 2.24) is 9.29 Å². The number of morpholine rings is 1. The molecule has 0 saturated carbocycles. The molecule has 0 aliphatic carbocycles. The van der Waals surface area contributed by atoms with E-state index in [9.17, 15) is 13.2 Å². The van der Waals surface area contributed by atoms with Crippen molar-refractivity contribution >= 4 is 27.4 Å². The molecule has 0 radical (unpaired) electrons. The molecule has 0 unspecified atom stereocenters. The second-order valence-electron chi connectivity index (χ2n) is 8.16. The van der Waals surface area contributed by atoms with E-state index in [1.54, 1.807) is 50.7 Å². The summed E-state index contributed by atoms with van der Waals surface area (Å²) >= 11 is 0. The molecule has 2 saturated heterocycles. The molecule has 2 aromatic rings. The Morgan fingerprint density at radius 3 is 2.44 bits per heavy atom. The first-order valence-electron chi connectivity index (χ1n) is 11.2. The maximum atomic E-state index is 13.2. The summed E-state index contributed by atoms with van der Waals surface area (Å²) in [6, 6.07) is 8.48. The fourth-order valence-electron chi connectivity index (χ4n) is 4.26. The van der Waals surface area contributed by atoms with Gasteiger partial charge in [0.25, 0.3) is 0 Å². The molecule has 1 amide bonds. The molecule has 1 aromatic carbocycles. The molecule has 184 valence electrons. The molecule has 1 N–H and O–H groups in total. The van der Waals surface area contributed by atoms with Gasteiger partial charge in [-0.25, -0.2) is 13.4 Å². The fraction of sp³-hybridized carbons (Fsp3) is 0.478. The van der Waals surface area contributed by atoms with Gasteiger partial charge in [0, 0.05) is 50.0 Å². The molecule has 0 atom stereocenters. The summed E-state index contributed by atoms with van der Waals surface area (Å²) in [7, 11) is -0.573. The van der Waals surface area contributed by atoms with E-state index in [2.05, 4.69) is 10.3 Å². The Morgan fingerprint density at radius 1 is 1.06 bits per heavy atom. The largest absolute Gasteiger partial charge is 0.493 e. The molecule has 2 aliphatic rings. The summed E-state index contributed by atoms with van der Waals surface area (Å²) in [5, 5.41) is 2.95. The number of sulfonamides is 1. The Morgan fingerprint density at radius 2 is 1.76 bits per heavy atom. The number of nitrogens with zero attached hydrogens (tertiary/aromatic N) is 3. The van der Waals surface area contributed by atoms with E-state index in [1.165, 1.54) is 4.31 Å². The van der Waals surface area contributed by atoms with E-state index >= 15 is 0 Å². The number of methoxy groups -OCH3 is 2. The van der Waals surface area contributed by atoms with Gasteiger partial charge in [0.05, 0.1) is 27.4 Å². The van der Waals surface area contributed by atoms with E-state index in [4.69, 9.17) is 14.2 Å². The van der Waals surface area contributed by atoms with Gasteiger partial charge in [-0.3, -0.25) is 4.79 Å². The maximum absolute atomic E-state index is 13.2. The quantitative estimate of drug-likeness (QED) is 0.627. The van der Waals surface area contributed by atoms with Crippen molar-refractivity contribution in [3.8, 4) is 11.5 Å². The van der Waals surface area contributed by atoms with Crippen LogP contribution in [0.3, 0.4) is 0 Å². The third kappa shape index (κ3) is 5.11. The van der Waals surface area contributed by atoms with Crippen molar-refractivity contribution in [2.75, 3.05) is 63.8 Å². The van der Waals surface area contributed by atoms with Gasteiger partial charge in [0.15, 0.2) is 11.5 Å². The molecule has 0 bridgehead atoms. The van der Waals surface area contributed by atoms with E-state index < -0.39 is 10.0 Å². The van der Waals surface area contributed by atoms with Crippen LogP contribution in [0.2, 0.25) is 0 Å². The average molecular weight is 491 g/mol. The predicted octanol–water partition coefficient (Wildman–Crippen LogP) is 1.97. The van der Waals surface area contributed by atoms with Gasteiger partial charge in [-0.15, -0.1) is 0 Å². The van der Waals surface area contributed by atoms with Crippen molar-refractivity contribution in [3.63, 3.8) is 0 Å². The second kappa shape index (κ2) is 10.6. The van der Waals surface area contributed by atoms with E-state index in [0.717, 1.165) is 0 Å². The van der Waals surface area contributed by atoms with Crippen LogP contribution in [0.25, 0.3) is 0 Å². The zero-order valence-corrected chi connectivity index (χ0v) is 20.2. The number of carbonyl (C=O) groups excluding carboxylic acids is 1. The SMILES string of the molecule is COc1ccc(NC(=O)C2CCN(c3ncccc3S(=O)(=O)N3CCOCC3)CC2)cc1OC. The lowest BCUT2D eigenvalue weighted by Crippen LogP contribution is -2.42. The lowest BCUT2D eigenvalue weighted by molar-refractivity contribution is -0.120. The van der Waals surface area contributed by atoms with Crippen molar-refractivity contribution in [2.45, 2.75) is 17.7 Å². The molecule has 1 aromatic heterocycles. The smallest absolute Gasteiger partial charge is 0.246 e. The number of pyridine rings is 1.